The number of aryl methyl sites for hydroxylation is 2. The first kappa shape index (κ1) is 22.2. The van der Waals surface area contributed by atoms with Gasteiger partial charge in [0.2, 0.25) is 0 Å². The summed E-state index contributed by atoms with van der Waals surface area (Å²) in [6.45, 7) is 2.37. The minimum atomic E-state index is -2.85. The molecule has 11 heteroatoms. The van der Waals surface area contributed by atoms with Crippen LogP contribution in [0.15, 0.2) is 36.8 Å². The van der Waals surface area contributed by atoms with Crippen molar-refractivity contribution < 1.29 is 8.78 Å². The highest BCUT2D eigenvalue weighted by atomic mass is 35.5. The van der Waals surface area contributed by atoms with Gasteiger partial charge in [-0.3, -0.25) is 4.68 Å². The maximum absolute atomic E-state index is 14.7. The highest BCUT2D eigenvalue weighted by Gasteiger charge is 2.58. The zero-order valence-corrected chi connectivity index (χ0v) is 20.2. The van der Waals surface area contributed by atoms with Gasteiger partial charge in [0.15, 0.2) is 5.82 Å². The number of pyridine rings is 1. The van der Waals surface area contributed by atoms with Crippen molar-refractivity contribution >= 4 is 23.2 Å². The van der Waals surface area contributed by atoms with Crippen LogP contribution in [-0.4, -0.2) is 40.0 Å². The number of hydrogen-bond donors (Lipinski definition) is 1. The zero-order valence-electron chi connectivity index (χ0n) is 19.5. The van der Waals surface area contributed by atoms with E-state index in [-0.39, 0.29) is 0 Å². The van der Waals surface area contributed by atoms with Crippen LogP contribution in [0.4, 0.5) is 20.4 Å². The van der Waals surface area contributed by atoms with Crippen LogP contribution >= 0.6 is 11.6 Å². The Morgan fingerprint density at radius 1 is 1.14 bits per heavy atom. The smallest absolute Gasteiger partial charge is 0.257 e. The topological polar surface area (TPSA) is 78.4 Å². The van der Waals surface area contributed by atoms with Gasteiger partial charge >= 0.3 is 0 Å². The summed E-state index contributed by atoms with van der Waals surface area (Å²) >= 11 is 6.55. The maximum Gasteiger partial charge on any atom is 0.257 e. The number of nitrogens with zero attached hydrogens (tertiary/aromatic N) is 7. The van der Waals surface area contributed by atoms with Crippen LogP contribution in [0.25, 0.3) is 22.6 Å². The van der Waals surface area contributed by atoms with E-state index in [2.05, 4.69) is 30.2 Å². The molecule has 0 unspecified atom stereocenters. The molecular weight excluding hydrogens is 474 g/mol. The molecule has 0 atom stereocenters. The van der Waals surface area contributed by atoms with Gasteiger partial charge in [-0.25, -0.2) is 13.8 Å². The lowest BCUT2D eigenvalue weighted by atomic mass is 9.64. The van der Waals surface area contributed by atoms with Crippen LogP contribution in [0.3, 0.4) is 0 Å². The number of halogens is 3. The Labute approximate surface area is 205 Å². The fourth-order valence-electron chi connectivity index (χ4n) is 5.23. The Hall–Kier alpha value is -3.27. The molecular formula is C24H25ClF2N8. The Balaban J connectivity index is 1.40. The van der Waals surface area contributed by atoms with E-state index in [1.807, 2.05) is 36.0 Å². The van der Waals surface area contributed by atoms with E-state index < -0.39 is 11.3 Å². The number of nitrogens with one attached hydrogen (secondary N) is 1. The van der Waals surface area contributed by atoms with Crippen molar-refractivity contribution in [2.24, 2.45) is 7.05 Å². The number of fused-ring (bicyclic) bond motifs is 3. The van der Waals surface area contributed by atoms with Crippen LogP contribution in [-0.2, 0) is 25.6 Å². The quantitative estimate of drug-likeness (QED) is 0.397. The number of alkyl halides is 2. The van der Waals surface area contributed by atoms with Gasteiger partial charge in [-0.05, 0) is 31.4 Å². The number of anilines is 2. The maximum atomic E-state index is 14.7. The lowest BCUT2D eigenvalue weighted by Gasteiger charge is -2.44. The third-order valence-corrected chi connectivity index (χ3v) is 7.68. The molecule has 182 valence electrons. The highest BCUT2D eigenvalue weighted by molar-refractivity contribution is 6.33. The van der Waals surface area contributed by atoms with E-state index in [4.69, 9.17) is 11.6 Å². The lowest BCUT2D eigenvalue weighted by Crippen LogP contribution is -2.50. The average Bonchev–Trinajstić information content (AvgIpc) is 3.45. The summed E-state index contributed by atoms with van der Waals surface area (Å²) in [5, 5.41) is 16.7. The molecule has 1 saturated carbocycles. The van der Waals surface area contributed by atoms with E-state index in [1.165, 1.54) is 0 Å². The molecule has 8 nitrogen and oxygen atoms in total. The minimum Gasteiger partial charge on any atom is -0.344 e. The molecule has 2 aliphatic rings. The fourth-order valence-corrected chi connectivity index (χ4v) is 5.45. The van der Waals surface area contributed by atoms with Crippen molar-refractivity contribution in [3.63, 3.8) is 0 Å². The molecule has 5 heterocycles. The molecule has 4 aromatic rings. The van der Waals surface area contributed by atoms with Gasteiger partial charge in [-0.1, -0.05) is 18.0 Å². The predicted molar refractivity (Wildman–Crippen MR) is 129 cm³/mol. The van der Waals surface area contributed by atoms with E-state index >= 15 is 0 Å². The number of aromatic nitrogens is 7. The molecule has 0 bridgehead atoms. The average molecular weight is 499 g/mol. The highest BCUT2D eigenvalue weighted by Crippen LogP contribution is 2.53. The molecule has 1 N–H and O–H groups in total. The summed E-state index contributed by atoms with van der Waals surface area (Å²) in [6.07, 6.45) is 7.78. The van der Waals surface area contributed by atoms with Crippen LogP contribution < -0.4 is 5.32 Å². The van der Waals surface area contributed by atoms with E-state index in [9.17, 15) is 8.78 Å². The summed E-state index contributed by atoms with van der Waals surface area (Å²) < 4.78 is 35.1. The van der Waals surface area contributed by atoms with Crippen molar-refractivity contribution in [3.8, 4) is 22.6 Å². The van der Waals surface area contributed by atoms with Crippen LogP contribution in [0.5, 0.6) is 0 Å². The second-order valence-electron chi connectivity index (χ2n) is 9.50. The summed E-state index contributed by atoms with van der Waals surface area (Å²) in [4.78, 5) is 4.39. The van der Waals surface area contributed by atoms with Gasteiger partial charge in [-0.15, -0.1) is 10.2 Å². The molecule has 35 heavy (non-hydrogen) atoms. The van der Waals surface area contributed by atoms with Crippen molar-refractivity contribution in [1.29, 1.82) is 0 Å². The number of hydrogen-bond acceptors (Lipinski definition) is 5. The fraction of sp³-hybridized carbons (Fsp3) is 0.417. The number of rotatable bonds is 5. The Bertz CT molecular complexity index is 1410. The molecule has 0 radical (unpaired) electrons. The molecule has 0 amide bonds. The summed E-state index contributed by atoms with van der Waals surface area (Å²) in [7, 11) is 1.84. The summed E-state index contributed by atoms with van der Waals surface area (Å²) in [6, 6.07) is 5.75. The third-order valence-electron chi connectivity index (χ3n) is 7.38. The predicted octanol–water partition coefficient (Wildman–Crippen LogP) is 5.42. The first-order valence-corrected chi connectivity index (χ1v) is 12.1. The van der Waals surface area contributed by atoms with Crippen molar-refractivity contribution in [2.45, 2.75) is 57.0 Å². The van der Waals surface area contributed by atoms with Gasteiger partial charge in [0.25, 0.3) is 5.92 Å². The van der Waals surface area contributed by atoms with Gasteiger partial charge in [-0.2, -0.15) is 5.10 Å². The molecule has 1 fully saturated rings. The van der Waals surface area contributed by atoms with Gasteiger partial charge in [0.1, 0.15) is 17.5 Å². The normalized spacial score (nSPS) is 16.8. The van der Waals surface area contributed by atoms with E-state index in [1.54, 1.807) is 17.1 Å². The zero-order chi connectivity index (χ0) is 24.4. The van der Waals surface area contributed by atoms with Gasteiger partial charge in [0.05, 0.1) is 22.3 Å². The summed E-state index contributed by atoms with van der Waals surface area (Å²) in [5.41, 5.74) is 1.33. The van der Waals surface area contributed by atoms with Crippen molar-refractivity contribution in [2.75, 3.05) is 5.32 Å². The van der Waals surface area contributed by atoms with Gasteiger partial charge in [0, 0.05) is 56.6 Å². The van der Waals surface area contributed by atoms with Gasteiger partial charge < -0.3 is 14.5 Å². The van der Waals surface area contributed by atoms with Crippen LogP contribution in [0, 0.1) is 0 Å². The summed E-state index contributed by atoms with van der Waals surface area (Å²) in [5.74, 6) is -0.380. The Morgan fingerprint density at radius 3 is 2.66 bits per heavy atom. The molecule has 6 rings (SSSR count). The SMILES string of the molecule is Cn1nccc1Nc1cc(-c2cc3n(c2)CCCn2c-3nnc2C2(C(C)(F)F)CCC2)c(Cl)cn1. The molecule has 4 aromatic heterocycles. The molecule has 1 aliphatic heterocycles. The van der Waals surface area contributed by atoms with Crippen molar-refractivity contribution in [1.82, 2.24) is 34.1 Å². The van der Waals surface area contributed by atoms with E-state index in [0.717, 1.165) is 48.9 Å². The van der Waals surface area contributed by atoms with Crippen LogP contribution in [0.1, 0.15) is 38.4 Å². The Kier molecular flexibility index (Phi) is 5.00. The van der Waals surface area contributed by atoms with Crippen LogP contribution in [0.2, 0.25) is 5.02 Å². The first-order valence-electron chi connectivity index (χ1n) is 11.7. The molecule has 0 spiro atoms. The second kappa shape index (κ2) is 7.87. The monoisotopic (exact) mass is 498 g/mol. The van der Waals surface area contributed by atoms with Crippen molar-refractivity contribution in [3.05, 3.63) is 47.6 Å². The molecule has 0 aromatic carbocycles. The second-order valence-corrected chi connectivity index (χ2v) is 9.91. The molecule has 0 saturated heterocycles. The third kappa shape index (κ3) is 3.45. The Morgan fingerprint density at radius 2 is 1.97 bits per heavy atom. The molecule has 1 aliphatic carbocycles. The minimum absolute atomic E-state index is 0.409. The lowest BCUT2D eigenvalue weighted by molar-refractivity contribution is -0.102. The standard InChI is InChI=1S/C24H25ClF2N8/c1-23(26,27)24(6-3-7-24)22-32-31-21-18-11-15(14-34(18)9-4-10-35(21)22)16-12-19(28-13-17(16)25)30-20-5-8-29-33(20)2/h5,8,11-14H,3-4,6-7,9-10H2,1-2H3,(H,28,30). The first-order chi connectivity index (χ1) is 16.8. The van der Waals surface area contributed by atoms with E-state index in [0.29, 0.717) is 41.9 Å². The largest absolute Gasteiger partial charge is 0.344 e.